The van der Waals surface area contributed by atoms with Gasteiger partial charge in [-0.2, -0.15) is 16.8 Å². The Hall–Kier alpha value is -3.37. The van der Waals surface area contributed by atoms with E-state index in [0.29, 0.717) is 24.0 Å². The highest BCUT2D eigenvalue weighted by Crippen LogP contribution is 2.40. The lowest BCUT2D eigenvalue weighted by atomic mass is 9.90. The molecule has 0 saturated heterocycles. The maximum absolute atomic E-state index is 12.9. The van der Waals surface area contributed by atoms with Crippen LogP contribution in [0.1, 0.15) is 59.2 Å². The van der Waals surface area contributed by atoms with Crippen molar-refractivity contribution in [3.8, 4) is 17.2 Å². The molecule has 0 atom stereocenters. The van der Waals surface area contributed by atoms with Gasteiger partial charge >= 0.3 is 20.2 Å². The van der Waals surface area contributed by atoms with Crippen molar-refractivity contribution in [3.05, 3.63) is 89.0 Å². The van der Waals surface area contributed by atoms with Gasteiger partial charge in [0, 0.05) is 11.6 Å². The van der Waals surface area contributed by atoms with Crippen LogP contribution >= 0.6 is 0 Å². The number of hydrogen-bond acceptors (Lipinski definition) is 8. The fraction of sp³-hybridized carbons (Fsp3) is 0.345. The number of aldehydes is 1. The first-order chi connectivity index (χ1) is 18.7. The number of carbonyl (C=O) groups is 1. The van der Waals surface area contributed by atoms with Crippen molar-refractivity contribution in [1.29, 1.82) is 0 Å². The lowest BCUT2D eigenvalue weighted by Crippen LogP contribution is -2.18. The second kappa shape index (κ2) is 12.7. The molecule has 0 aliphatic heterocycles. The van der Waals surface area contributed by atoms with Gasteiger partial charge in [-0.1, -0.05) is 79.9 Å². The van der Waals surface area contributed by atoms with Crippen LogP contribution in [0.5, 0.6) is 17.2 Å². The zero-order chi connectivity index (χ0) is 27.9. The molecule has 208 valence electrons. The summed E-state index contributed by atoms with van der Waals surface area (Å²) in [6.45, 7) is 1.87. The highest BCUT2D eigenvalue weighted by molar-refractivity contribution is 7.86. The highest BCUT2D eigenvalue weighted by atomic mass is 32.2. The Morgan fingerprint density at radius 3 is 1.79 bits per heavy atom. The number of carbonyl (C=O) groups excluding carboxylic acids is 1. The molecule has 8 nitrogen and oxygen atoms in total. The van der Waals surface area contributed by atoms with Crippen LogP contribution in [0, 0.1) is 12.8 Å². The SMILES string of the molecule is Cc1c(OS(=O)(=O)Cc2ccccc2)cc(OS(=O)(=O)Cc2ccccc2)c(C=O)c1OCC1CCCCC1. The maximum Gasteiger partial charge on any atom is 0.313 e. The van der Waals surface area contributed by atoms with Gasteiger partial charge in [0.25, 0.3) is 0 Å². The fourth-order valence-corrected chi connectivity index (χ4v) is 6.81. The van der Waals surface area contributed by atoms with Gasteiger partial charge < -0.3 is 13.1 Å². The second-order valence-corrected chi connectivity index (χ2v) is 12.9. The maximum atomic E-state index is 12.9. The molecule has 39 heavy (non-hydrogen) atoms. The van der Waals surface area contributed by atoms with Gasteiger partial charge in [0.1, 0.15) is 22.8 Å². The Kier molecular flexibility index (Phi) is 9.29. The third-order valence-electron chi connectivity index (χ3n) is 6.59. The molecule has 1 saturated carbocycles. The van der Waals surface area contributed by atoms with Crippen molar-refractivity contribution < 1.29 is 34.7 Å². The van der Waals surface area contributed by atoms with Crippen molar-refractivity contribution in [1.82, 2.24) is 0 Å². The van der Waals surface area contributed by atoms with Crippen molar-refractivity contribution in [2.45, 2.75) is 50.5 Å². The lowest BCUT2D eigenvalue weighted by molar-refractivity contribution is 0.111. The Labute approximate surface area is 230 Å². The minimum Gasteiger partial charge on any atom is -0.492 e. The lowest BCUT2D eigenvalue weighted by Gasteiger charge is -2.24. The van der Waals surface area contributed by atoms with E-state index >= 15 is 0 Å². The molecular formula is C29H32O8S2. The molecule has 4 rings (SSSR count). The predicted octanol–water partition coefficient (Wildman–Crippen LogP) is 5.58. The molecule has 0 spiro atoms. The Bertz CT molecular complexity index is 1480. The van der Waals surface area contributed by atoms with Crippen molar-refractivity contribution in [3.63, 3.8) is 0 Å². The van der Waals surface area contributed by atoms with Crippen LogP contribution in [-0.2, 0) is 31.7 Å². The Balaban J connectivity index is 1.69. The first-order valence-electron chi connectivity index (χ1n) is 12.8. The molecule has 0 heterocycles. The van der Waals surface area contributed by atoms with E-state index in [1.807, 2.05) is 0 Å². The molecule has 1 aliphatic rings. The van der Waals surface area contributed by atoms with Gasteiger partial charge in [-0.15, -0.1) is 0 Å². The first-order valence-corrected chi connectivity index (χ1v) is 16.0. The predicted molar refractivity (Wildman–Crippen MR) is 148 cm³/mol. The summed E-state index contributed by atoms with van der Waals surface area (Å²) in [6, 6.07) is 18.1. The molecule has 1 aliphatic carbocycles. The minimum absolute atomic E-state index is 0.0490. The third kappa shape index (κ3) is 8.06. The van der Waals surface area contributed by atoms with Gasteiger partial charge in [0.2, 0.25) is 0 Å². The smallest absolute Gasteiger partial charge is 0.313 e. The number of hydrogen-bond donors (Lipinski definition) is 0. The summed E-state index contributed by atoms with van der Waals surface area (Å²) in [4.78, 5) is 12.2. The van der Waals surface area contributed by atoms with E-state index in [1.54, 1.807) is 67.6 Å². The molecule has 0 N–H and O–H groups in total. The summed E-state index contributed by atoms with van der Waals surface area (Å²) in [5.41, 5.74) is 1.16. The van der Waals surface area contributed by atoms with E-state index in [2.05, 4.69) is 0 Å². The summed E-state index contributed by atoms with van der Waals surface area (Å²) in [5, 5.41) is 0. The average molecular weight is 573 g/mol. The molecule has 0 amide bonds. The zero-order valence-electron chi connectivity index (χ0n) is 21.7. The second-order valence-electron chi connectivity index (χ2n) is 9.72. The molecule has 0 aromatic heterocycles. The summed E-state index contributed by atoms with van der Waals surface area (Å²) in [7, 11) is -8.35. The number of rotatable bonds is 12. The van der Waals surface area contributed by atoms with Crippen LogP contribution in [0.4, 0.5) is 0 Å². The molecule has 3 aromatic rings. The average Bonchev–Trinajstić information content (AvgIpc) is 2.90. The zero-order valence-corrected chi connectivity index (χ0v) is 23.4. The van der Waals surface area contributed by atoms with E-state index in [9.17, 15) is 21.6 Å². The van der Waals surface area contributed by atoms with Crippen LogP contribution in [0.25, 0.3) is 0 Å². The van der Waals surface area contributed by atoms with E-state index in [-0.39, 0.29) is 34.3 Å². The normalized spacial score (nSPS) is 14.5. The highest BCUT2D eigenvalue weighted by Gasteiger charge is 2.27. The van der Waals surface area contributed by atoms with E-state index in [0.717, 1.165) is 38.2 Å². The summed E-state index contributed by atoms with van der Waals surface area (Å²) >= 11 is 0. The first kappa shape index (κ1) is 28.6. The molecule has 3 aromatic carbocycles. The van der Waals surface area contributed by atoms with Crippen molar-refractivity contribution in [2.75, 3.05) is 6.61 Å². The van der Waals surface area contributed by atoms with Crippen LogP contribution in [0.2, 0.25) is 0 Å². The van der Waals surface area contributed by atoms with Crippen LogP contribution in [-0.4, -0.2) is 29.7 Å². The van der Waals surface area contributed by atoms with Gasteiger partial charge in [0.05, 0.1) is 6.61 Å². The van der Waals surface area contributed by atoms with Crippen molar-refractivity contribution >= 4 is 26.5 Å². The molecular weight excluding hydrogens is 540 g/mol. The van der Waals surface area contributed by atoms with E-state index in [1.165, 1.54) is 0 Å². The molecule has 10 heteroatoms. The summed E-state index contributed by atoms with van der Waals surface area (Å²) < 4.78 is 68.6. The molecule has 0 radical (unpaired) electrons. The molecule has 0 unspecified atom stereocenters. The fourth-order valence-electron chi connectivity index (χ4n) is 4.63. The Morgan fingerprint density at radius 1 is 0.769 bits per heavy atom. The van der Waals surface area contributed by atoms with Crippen molar-refractivity contribution in [2.24, 2.45) is 5.92 Å². The third-order valence-corrected chi connectivity index (χ3v) is 8.84. The van der Waals surface area contributed by atoms with Crippen LogP contribution in [0.3, 0.4) is 0 Å². The molecule has 1 fully saturated rings. The quantitative estimate of drug-likeness (QED) is 0.204. The van der Waals surface area contributed by atoms with E-state index in [4.69, 9.17) is 13.1 Å². The van der Waals surface area contributed by atoms with Crippen LogP contribution in [0.15, 0.2) is 66.7 Å². The number of benzene rings is 3. The Morgan fingerprint density at radius 2 is 1.28 bits per heavy atom. The summed E-state index contributed by atoms with van der Waals surface area (Å²) in [5.74, 6) is -1.04. The van der Waals surface area contributed by atoms with Crippen LogP contribution < -0.4 is 13.1 Å². The van der Waals surface area contributed by atoms with Gasteiger partial charge in [0.15, 0.2) is 17.8 Å². The topological polar surface area (TPSA) is 113 Å². The van der Waals surface area contributed by atoms with Gasteiger partial charge in [-0.3, -0.25) is 4.79 Å². The number of ether oxygens (including phenoxy) is 1. The van der Waals surface area contributed by atoms with Gasteiger partial charge in [-0.25, -0.2) is 0 Å². The standard InChI is InChI=1S/C29H32O8S2/c1-22-27(36-38(31,32)20-24-13-7-3-8-14-24)17-28(37-39(33,34)21-25-15-9-4-10-16-25)26(18-30)29(22)35-19-23-11-5-2-6-12-23/h3-4,7-10,13-18,23H,2,5-6,11-12,19-21H2,1H3. The largest absolute Gasteiger partial charge is 0.492 e. The molecule has 0 bridgehead atoms. The van der Waals surface area contributed by atoms with Gasteiger partial charge in [-0.05, 0) is 36.8 Å². The van der Waals surface area contributed by atoms with E-state index < -0.39 is 31.7 Å². The summed E-state index contributed by atoms with van der Waals surface area (Å²) in [6.07, 6.45) is 5.74. The minimum atomic E-state index is -4.21. The monoisotopic (exact) mass is 572 g/mol.